The molecule has 0 saturated heterocycles. The fourth-order valence-electron chi connectivity index (χ4n) is 1.89. The molecule has 0 aliphatic carbocycles. The minimum absolute atomic E-state index is 0.0272. The predicted molar refractivity (Wildman–Crippen MR) is 77.7 cm³/mol. The van der Waals surface area contributed by atoms with Crippen LogP contribution in [0.4, 0.5) is 5.69 Å². The van der Waals surface area contributed by atoms with Crippen LogP contribution in [0.3, 0.4) is 0 Å². The molecule has 0 aliphatic rings. The Bertz CT molecular complexity index is 706. The molecule has 0 atom stereocenters. The Hall–Kier alpha value is -1.81. The minimum atomic E-state index is -3.32. The maximum atomic E-state index is 12.3. The van der Waals surface area contributed by atoms with E-state index in [1.165, 1.54) is 0 Å². The van der Waals surface area contributed by atoms with Crippen molar-refractivity contribution in [2.75, 3.05) is 5.73 Å². The Balaban J connectivity index is 2.35. The number of anilines is 1. The molecule has 0 radical (unpaired) electrons. The third-order valence-corrected chi connectivity index (χ3v) is 4.83. The molecule has 0 fully saturated rings. The van der Waals surface area contributed by atoms with E-state index in [0.717, 1.165) is 11.1 Å². The average Bonchev–Trinajstić information content (AvgIpc) is 2.32. The van der Waals surface area contributed by atoms with Crippen molar-refractivity contribution in [1.82, 2.24) is 0 Å². The lowest BCUT2D eigenvalue weighted by Gasteiger charge is -2.07. The zero-order chi connectivity index (χ0) is 14.0. The highest BCUT2D eigenvalue weighted by Crippen LogP contribution is 2.20. The van der Waals surface area contributed by atoms with Crippen molar-refractivity contribution in [2.24, 2.45) is 0 Å². The van der Waals surface area contributed by atoms with Crippen molar-refractivity contribution < 1.29 is 8.42 Å². The zero-order valence-corrected chi connectivity index (χ0v) is 11.9. The van der Waals surface area contributed by atoms with E-state index < -0.39 is 9.84 Å². The highest BCUT2D eigenvalue weighted by molar-refractivity contribution is 7.90. The van der Waals surface area contributed by atoms with E-state index in [1.54, 1.807) is 36.4 Å². The molecule has 2 rings (SSSR count). The van der Waals surface area contributed by atoms with Crippen molar-refractivity contribution >= 4 is 15.5 Å². The Morgan fingerprint density at radius 2 is 1.74 bits per heavy atom. The summed E-state index contributed by atoms with van der Waals surface area (Å²) in [6.07, 6.45) is 0. The summed E-state index contributed by atoms with van der Waals surface area (Å²) in [5.74, 6) is -0.0272. The van der Waals surface area contributed by atoms with Crippen LogP contribution in [-0.4, -0.2) is 8.42 Å². The van der Waals surface area contributed by atoms with E-state index in [-0.39, 0.29) is 5.75 Å². The van der Waals surface area contributed by atoms with Crippen LogP contribution in [0.1, 0.15) is 16.7 Å². The van der Waals surface area contributed by atoms with Crippen LogP contribution in [0.2, 0.25) is 0 Å². The number of hydrogen-bond acceptors (Lipinski definition) is 3. The van der Waals surface area contributed by atoms with Crippen LogP contribution >= 0.6 is 0 Å². The first-order chi connectivity index (χ1) is 8.88. The van der Waals surface area contributed by atoms with Gasteiger partial charge in [0.15, 0.2) is 9.84 Å². The van der Waals surface area contributed by atoms with E-state index in [0.29, 0.717) is 16.1 Å². The molecule has 0 unspecified atom stereocenters. The first kappa shape index (κ1) is 13.6. The van der Waals surface area contributed by atoms with Crippen molar-refractivity contribution in [2.45, 2.75) is 24.5 Å². The molecule has 0 bridgehead atoms. The van der Waals surface area contributed by atoms with Gasteiger partial charge in [0.25, 0.3) is 0 Å². The molecule has 4 heteroatoms. The molecule has 2 aromatic rings. The maximum Gasteiger partial charge on any atom is 0.182 e. The number of sulfone groups is 1. The molecule has 2 N–H and O–H groups in total. The number of benzene rings is 2. The van der Waals surface area contributed by atoms with Gasteiger partial charge in [-0.25, -0.2) is 8.42 Å². The van der Waals surface area contributed by atoms with Gasteiger partial charge >= 0.3 is 0 Å². The molecule has 0 amide bonds. The van der Waals surface area contributed by atoms with E-state index in [1.807, 2.05) is 19.9 Å². The summed E-state index contributed by atoms with van der Waals surface area (Å²) in [6.45, 7) is 3.87. The number of aryl methyl sites for hydroxylation is 2. The fourth-order valence-corrected chi connectivity index (χ4v) is 3.31. The predicted octanol–water partition coefficient (Wildman–Crippen LogP) is 2.86. The average molecular weight is 275 g/mol. The summed E-state index contributed by atoms with van der Waals surface area (Å²) in [5, 5.41) is 0. The molecule has 0 aromatic heterocycles. The van der Waals surface area contributed by atoms with Gasteiger partial charge in [-0.1, -0.05) is 18.2 Å². The van der Waals surface area contributed by atoms with Crippen molar-refractivity contribution in [1.29, 1.82) is 0 Å². The Kier molecular flexibility index (Phi) is 3.62. The summed E-state index contributed by atoms with van der Waals surface area (Å²) < 4.78 is 24.7. The van der Waals surface area contributed by atoms with Gasteiger partial charge in [-0.05, 0) is 54.8 Å². The van der Waals surface area contributed by atoms with Gasteiger partial charge in [0, 0.05) is 5.69 Å². The Morgan fingerprint density at radius 3 is 2.37 bits per heavy atom. The van der Waals surface area contributed by atoms with E-state index in [4.69, 9.17) is 5.73 Å². The van der Waals surface area contributed by atoms with Crippen LogP contribution in [0, 0.1) is 13.8 Å². The lowest BCUT2D eigenvalue weighted by atomic mass is 10.1. The number of hydrogen-bond donors (Lipinski definition) is 1. The van der Waals surface area contributed by atoms with E-state index in [9.17, 15) is 8.42 Å². The van der Waals surface area contributed by atoms with Crippen molar-refractivity contribution in [3.05, 3.63) is 59.2 Å². The molecule has 2 aromatic carbocycles. The Morgan fingerprint density at radius 1 is 1.00 bits per heavy atom. The zero-order valence-electron chi connectivity index (χ0n) is 11.1. The van der Waals surface area contributed by atoms with Crippen LogP contribution in [0.25, 0.3) is 0 Å². The van der Waals surface area contributed by atoms with Crippen LogP contribution in [0.5, 0.6) is 0 Å². The first-order valence-electron chi connectivity index (χ1n) is 6.03. The molecular weight excluding hydrogens is 258 g/mol. The molecule has 3 nitrogen and oxygen atoms in total. The highest BCUT2D eigenvalue weighted by Gasteiger charge is 2.16. The summed E-state index contributed by atoms with van der Waals surface area (Å²) in [4.78, 5) is 0.359. The smallest absolute Gasteiger partial charge is 0.182 e. The van der Waals surface area contributed by atoms with Gasteiger partial charge in [0.05, 0.1) is 10.6 Å². The number of rotatable bonds is 3. The third-order valence-electron chi connectivity index (χ3n) is 3.15. The van der Waals surface area contributed by atoms with Gasteiger partial charge in [0.2, 0.25) is 0 Å². The molecular formula is C15H17NO2S. The second-order valence-electron chi connectivity index (χ2n) is 4.75. The van der Waals surface area contributed by atoms with Gasteiger partial charge < -0.3 is 5.73 Å². The van der Waals surface area contributed by atoms with E-state index in [2.05, 4.69) is 0 Å². The molecule has 100 valence electrons. The molecule has 0 spiro atoms. The maximum absolute atomic E-state index is 12.3. The normalized spacial score (nSPS) is 11.5. The second-order valence-corrected chi connectivity index (χ2v) is 6.74. The lowest BCUT2D eigenvalue weighted by molar-refractivity contribution is 0.595. The largest absolute Gasteiger partial charge is 0.399 e. The Labute approximate surface area is 114 Å². The van der Waals surface area contributed by atoms with Gasteiger partial charge in [-0.2, -0.15) is 0 Å². The van der Waals surface area contributed by atoms with E-state index >= 15 is 0 Å². The molecule has 0 aliphatic heterocycles. The van der Waals surface area contributed by atoms with Crippen molar-refractivity contribution in [3.8, 4) is 0 Å². The monoisotopic (exact) mass is 275 g/mol. The van der Waals surface area contributed by atoms with Crippen LogP contribution in [0.15, 0.2) is 47.4 Å². The lowest BCUT2D eigenvalue weighted by Crippen LogP contribution is -2.06. The van der Waals surface area contributed by atoms with Gasteiger partial charge in [-0.15, -0.1) is 0 Å². The van der Waals surface area contributed by atoms with Gasteiger partial charge in [-0.3, -0.25) is 0 Å². The standard InChI is InChI=1S/C15H17NO2S/c1-11-6-7-15(8-12(11)2)19(17,18)10-13-4-3-5-14(16)9-13/h3-9H,10,16H2,1-2H3. The van der Waals surface area contributed by atoms with Crippen molar-refractivity contribution in [3.63, 3.8) is 0 Å². The molecule has 0 heterocycles. The fraction of sp³-hybridized carbons (Fsp3) is 0.200. The minimum Gasteiger partial charge on any atom is -0.399 e. The quantitative estimate of drug-likeness (QED) is 0.876. The summed E-state index contributed by atoms with van der Waals surface area (Å²) in [7, 11) is -3.32. The molecule has 19 heavy (non-hydrogen) atoms. The number of nitrogen functional groups attached to an aromatic ring is 1. The third kappa shape index (κ3) is 3.15. The first-order valence-corrected chi connectivity index (χ1v) is 7.68. The van der Waals surface area contributed by atoms with Gasteiger partial charge in [0.1, 0.15) is 0 Å². The van der Waals surface area contributed by atoms with Crippen LogP contribution < -0.4 is 5.73 Å². The summed E-state index contributed by atoms with van der Waals surface area (Å²) in [5.41, 5.74) is 9.01. The van der Waals surface area contributed by atoms with Crippen LogP contribution in [-0.2, 0) is 15.6 Å². The summed E-state index contributed by atoms with van der Waals surface area (Å²) in [6, 6.07) is 12.2. The second kappa shape index (κ2) is 5.05. The topological polar surface area (TPSA) is 60.2 Å². The molecule has 0 saturated carbocycles. The SMILES string of the molecule is Cc1ccc(S(=O)(=O)Cc2cccc(N)c2)cc1C. The highest BCUT2D eigenvalue weighted by atomic mass is 32.2. The summed E-state index contributed by atoms with van der Waals surface area (Å²) >= 11 is 0. The number of nitrogens with two attached hydrogens (primary N) is 1.